The summed E-state index contributed by atoms with van der Waals surface area (Å²) in [6.07, 6.45) is 0.434. The molecule has 1 aromatic rings. The minimum absolute atomic E-state index is 0.0378. The van der Waals surface area contributed by atoms with Gasteiger partial charge in [-0.3, -0.25) is 9.59 Å². The van der Waals surface area contributed by atoms with E-state index >= 15 is 0 Å². The van der Waals surface area contributed by atoms with E-state index in [-0.39, 0.29) is 19.1 Å². The van der Waals surface area contributed by atoms with Crippen LogP contribution in [-0.4, -0.2) is 54.4 Å². The van der Waals surface area contributed by atoms with Crippen molar-refractivity contribution < 1.29 is 19.4 Å². The van der Waals surface area contributed by atoms with Gasteiger partial charge in [-0.25, -0.2) is 0 Å². The molecule has 7 heteroatoms. The number of aliphatic carboxylic acids is 1. The number of methoxy groups -OCH3 is 1. The van der Waals surface area contributed by atoms with Gasteiger partial charge in [-0.05, 0) is 24.6 Å². The molecule has 0 radical (unpaired) electrons. The van der Waals surface area contributed by atoms with Crippen LogP contribution in [0.25, 0.3) is 0 Å². The van der Waals surface area contributed by atoms with Gasteiger partial charge in [0.1, 0.15) is 5.41 Å². The molecule has 5 nitrogen and oxygen atoms in total. The number of benzene rings is 1. The first kappa shape index (κ1) is 17.3. The molecule has 1 aromatic carbocycles. The van der Waals surface area contributed by atoms with E-state index in [0.29, 0.717) is 18.7 Å². The lowest BCUT2D eigenvalue weighted by atomic mass is 9.88. The maximum atomic E-state index is 12.3. The second-order valence-corrected chi connectivity index (χ2v) is 7.29. The van der Waals surface area contributed by atoms with Gasteiger partial charge in [0.15, 0.2) is 0 Å². The summed E-state index contributed by atoms with van der Waals surface area (Å²) in [6, 6.07) is 7.74. The molecule has 1 aliphatic heterocycles. The lowest BCUT2D eigenvalue weighted by Crippen LogP contribution is -2.40. The fourth-order valence-electron chi connectivity index (χ4n) is 2.51. The molecule has 0 saturated carbocycles. The van der Waals surface area contributed by atoms with Crippen molar-refractivity contribution in [3.63, 3.8) is 0 Å². The number of thioether (sulfide) groups is 1. The van der Waals surface area contributed by atoms with Crippen molar-refractivity contribution in [2.24, 2.45) is 5.41 Å². The summed E-state index contributed by atoms with van der Waals surface area (Å²) in [5.74, 6) is -0.632. The van der Waals surface area contributed by atoms with E-state index in [9.17, 15) is 14.7 Å². The predicted molar refractivity (Wildman–Crippen MR) is 88.0 cm³/mol. The third-order valence-electron chi connectivity index (χ3n) is 3.74. The molecule has 1 unspecified atom stereocenters. The third kappa shape index (κ3) is 4.02. The molecular weight excluding hydrogens is 370 g/mol. The van der Waals surface area contributed by atoms with Gasteiger partial charge in [-0.15, -0.1) is 11.8 Å². The summed E-state index contributed by atoms with van der Waals surface area (Å²) >= 11 is 4.85. The highest BCUT2D eigenvalue weighted by atomic mass is 79.9. The molecule has 0 bridgehead atoms. The summed E-state index contributed by atoms with van der Waals surface area (Å²) in [5, 5.41) is 9.40. The molecule has 0 spiro atoms. The highest BCUT2D eigenvalue weighted by Crippen LogP contribution is 2.32. The van der Waals surface area contributed by atoms with Crippen molar-refractivity contribution in [2.45, 2.75) is 11.3 Å². The number of carbonyl (C=O) groups excluding carboxylic acids is 1. The SMILES string of the molecule is COCC1(C(=O)O)CCN(C(=O)CSc2cccc(Br)c2)C1. The number of likely N-dealkylation sites (tertiary alicyclic amines) is 1. The van der Waals surface area contributed by atoms with E-state index in [1.165, 1.54) is 18.9 Å². The molecule has 1 aliphatic rings. The first-order valence-electron chi connectivity index (χ1n) is 6.85. The van der Waals surface area contributed by atoms with Crippen molar-refractivity contribution in [3.8, 4) is 0 Å². The zero-order valence-corrected chi connectivity index (χ0v) is 14.7. The fraction of sp³-hybridized carbons (Fsp3) is 0.467. The Hall–Kier alpha value is -1.05. The van der Waals surface area contributed by atoms with Crippen LogP contribution in [0.4, 0.5) is 0 Å². The van der Waals surface area contributed by atoms with E-state index in [1.54, 1.807) is 4.90 Å². The quantitative estimate of drug-likeness (QED) is 0.759. The first-order valence-corrected chi connectivity index (χ1v) is 8.63. The van der Waals surface area contributed by atoms with E-state index < -0.39 is 11.4 Å². The summed E-state index contributed by atoms with van der Waals surface area (Å²) in [4.78, 5) is 26.4. The summed E-state index contributed by atoms with van der Waals surface area (Å²) in [5.41, 5.74) is -0.967. The van der Waals surface area contributed by atoms with Crippen molar-refractivity contribution in [3.05, 3.63) is 28.7 Å². The maximum absolute atomic E-state index is 12.3. The monoisotopic (exact) mass is 387 g/mol. The van der Waals surface area contributed by atoms with Crippen LogP contribution in [0.15, 0.2) is 33.6 Å². The van der Waals surface area contributed by atoms with Crippen LogP contribution in [0, 0.1) is 5.41 Å². The smallest absolute Gasteiger partial charge is 0.313 e. The van der Waals surface area contributed by atoms with Crippen LogP contribution < -0.4 is 0 Å². The molecule has 0 aromatic heterocycles. The Kier molecular flexibility index (Phi) is 5.88. The second-order valence-electron chi connectivity index (χ2n) is 5.33. The summed E-state index contributed by atoms with van der Waals surface area (Å²) in [7, 11) is 1.48. The van der Waals surface area contributed by atoms with Gasteiger partial charge < -0.3 is 14.7 Å². The zero-order valence-electron chi connectivity index (χ0n) is 12.3. The van der Waals surface area contributed by atoms with Gasteiger partial charge in [0, 0.05) is 29.6 Å². The van der Waals surface area contributed by atoms with Gasteiger partial charge in [0.25, 0.3) is 0 Å². The van der Waals surface area contributed by atoms with E-state index in [0.717, 1.165) is 9.37 Å². The second kappa shape index (κ2) is 7.48. The number of halogens is 1. The number of ether oxygens (including phenoxy) is 1. The fourth-order valence-corrected chi connectivity index (χ4v) is 3.92. The molecule has 1 amide bonds. The Morgan fingerprint density at radius 2 is 2.27 bits per heavy atom. The van der Waals surface area contributed by atoms with Crippen molar-refractivity contribution >= 4 is 39.6 Å². The van der Waals surface area contributed by atoms with Gasteiger partial charge in [-0.1, -0.05) is 22.0 Å². The predicted octanol–water partition coefficient (Wildman–Crippen LogP) is 2.49. The highest BCUT2D eigenvalue weighted by Gasteiger charge is 2.46. The number of nitrogens with zero attached hydrogens (tertiary/aromatic N) is 1. The van der Waals surface area contributed by atoms with Crippen LogP contribution in [0.3, 0.4) is 0 Å². The third-order valence-corrected chi connectivity index (χ3v) is 5.21. The molecule has 1 saturated heterocycles. The summed E-state index contributed by atoms with van der Waals surface area (Å²) in [6.45, 7) is 0.812. The average Bonchev–Trinajstić information content (AvgIpc) is 2.91. The summed E-state index contributed by atoms with van der Waals surface area (Å²) < 4.78 is 6.00. The van der Waals surface area contributed by atoms with Crippen LogP contribution >= 0.6 is 27.7 Å². The van der Waals surface area contributed by atoms with Crippen LogP contribution in [-0.2, 0) is 14.3 Å². The Morgan fingerprint density at radius 1 is 1.50 bits per heavy atom. The number of carboxylic acids is 1. The van der Waals surface area contributed by atoms with Crippen LogP contribution in [0.2, 0.25) is 0 Å². The molecule has 0 aliphatic carbocycles. The number of carboxylic acid groups (broad SMARTS) is 1. The van der Waals surface area contributed by atoms with E-state index in [1.807, 2.05) is 24.3 Å². The molecular formula is C15H18BrNO4S. The standard InChI is InChI=1S/C15H18BrNO4S/c1-21-10-15(14(19)20)5-6-17(9-15)13(18)8-22-12-4-2-3-11(16)7-12/h2-4,7H,5-6,8-10H2,1H3,(H,19,20). The maximum Gasteiger partial charge on any atom is 0.313 e. The van der Waals surface area contributed by atoms with Gasteiger partial charge in [-0.2, -0.15) is 0 Å². The minimum Gasteiger partial charge on any atom is -0.481 e. The molecule has 1 fully saturated rings. The number of hydrogen-bond donors (Lipinski definition) is 1. The number of rotatable bonds is 6. The molecule has 2 rings (SSSR count). The number of carbonyl (C=O) groups is 2. The average molecular weight is 388 g/mol. The van der Waals surface area contributed by atoms with Gasteiger partial charge in [0.05, 0.1) is 12.4 Å². The lowest BCUT2D eigenvalue weighted by Gasteiger charge is -2.23. The molecule has 22 heavy (non-hydrogen) atoms. The Balaban J connectivity index is 1.92. The molecule has 1 atom stereocenters. The number of hydrogen-bond acceptors (Lipinski definition) is 4. The van der Waals surface area contributed by atoms with Gasteiger partial charge in [0.2, 0.25) is 5.91 Å². The molecule has 1 N–H and O–H groups in total. The largest absolute Gasteiger partial charge is 0.481 e. The van der Waals surface area contributed by atoms with Crippen molar-refractivity contribution in [1.82, 2.24) is 4.90 Å². The Bertz CT molecular complexity index is 568. The first-order chi connectivity index (χ1) is 10.5. The zero-order chi connectivity index (χ0) is 16.2. The lowest BCUT2D eigenvalue weighted by molar-refractivity contribution is -0.151. The van der Waals surface area contributed by atoms with Crippen LogP contribution in [0.1, 0.15) is 6.42 Å². The number of amides is 1. The van der Waals surface area contributed by atoms with E-state index in [4.69, 9.17) is 4.74 Å². The molecule has 120 valence electrons. The van der Waals surface area contributed by atoms with Crippen molar-refractivity contribution in [1.29, 1.82) is 0 Å². The topological polar surface area (TPSA) is 66.8 Å². The Labute approximate surface area is 142 Å². The van der Waals surface area contributed by atoms with E-state index in [2.05, 4.69) is 15.9 Å². The van der Waals surface area contributed by atoms with Crippen molar-refractivity contribution in [2.75, 3.05) is 32.6 Å². The minimum atomic E-state index is -0.967. The van der Waals surface area contributed by atoms with Gasteiger partial charge >= 0.3 is 5.97 Å². The highest BCUT2D eigenvalue weighted by molar-refractivity contribution is 9.10. The Morgan fingerprint density at radius 3 is 2.91 bits per heavy atom. The normalized spacial score (nSPS) is 21.1. The molecule has 1 heterocycles. The van der Waals surface area contributed by atoms with Crippen LogP contribution in [0.5, 0.6) is 0 Å².